The van der Waals surface area contributed by atoms with E-state index in [1.54, 1.807) is 13.8 Å². The van der Waals surface area contributed by atoms with Gasteiger partial charge in [-0.25, -0.2) is 9.38 Å². The molecule has 4 rings (SSSR count). The van der Waals surface area contributed by atoms with E-state index in [0.717, 1.165) is 23.2 Å². The van der Waals surface area contributed by atoms with Gasteiger partial charge >= 0.3 is 0 Å². The van der Waals surface area contributed by atoms with E-state index in [-0.39, 0.29) is 11.1 Å². The van der Waals surface area contributed by atoms with E-state index in [1.807, 2.05) is 12.1 Å². The van der Waals surface area contributed by atoms with Gasteiger partial charge in [-0.1, -0.05) is 29.5 Å². The summed E-state index contributed by atoms with van der Waals surface area (Å²) >= 11 is 1.27. The van der Waals surface area contributed by atoms with Crippen molar-refractivity contribution in [2.75, 3.05) is 0 Å². The highest BCUT2D eigenvalue weighted by molar-refractivity contribution is 7.15. The topological polar surface area (TPSA) is 56.4 Å². The molecule has 0 spiro atoms. The fourth-order valence-corrected chi connectivity index (χ4v) is 4.72. The zero-order chi connectivity index (χ0) is 19.5. The van der Waals surface area contributed by atoms with Gasteiger partial charge in [0, 0.05) is 34.4 Å². The van der Waals surface area contributed by atoms with Crippen molar-refractivity contribution in [2.24, 2.45) is 0 Å². The number of aromatic nitrogens is 3. The van der Waals surface area contributed by atoms with Crippen molar-refractivity contribution >= 4 is 33.3 Å². The monoisotopic (exact) mass is 379 g/mol. The lowest BCUT2D eigenvalue weighted by Gasteiger charge is -2.05. The van der Waals surface area contributed by atoms with Crippen molar-refractivity contribution in [3.63, 3.8) is 0 Å². The van der Waals surface area contributed by atoms with Crippen LogP contribution in [0.1, 0.15) is 35.0 Å². The summed E-state index contributed by atoms with van der Waals surface area (Å²) in [6.45, 7) is 10.7. The molecule has 0 aliphatic carbocycles. The van der Waals surface area contributed by atoms with Crippen LogP contribution in [-0.2, 0) is 6.54 Å². The van der Waals surface area contributed by atoms with Crippen LogP contribution in [-0.4, -0.2) is 14.0 Å². The van der Waals surface area contributed by atoms with E-state index in [4.69, 9.17) is 0 Å². The number of hydrogen-bond acceptors (Lipinski definition) is 4. The first-order chi connectivity index (χ1) is 12.8. The summed E-state index contributed by atoms with van der Waals surface area (Å²) in [7, 11) is 0. The largest absolute Gasteiger partial charge is 0.344 e. The molecule has 0 bridgehead atoms. The smallest absolute Gasteiger partial charge is 0.277 e. The highest BCUT2D eigenvalue weighted by Gasteiger charge is 2.15. The highest BCUT2D eigenvalue weighted by Crippen LogP contribution is 2.29. The molecule has 0 unspecified atom stereocenters. The maximum Gasteiger partial charge on any atom is 0.277 e. The molecular weight excluding hydrogens is 358 g/mol. The van der Waals surface area contributed by atoms with Crippen molar-refractivity contribution < 1.29 is 0 Å². The van der Waals surface area contributed by atoms with Crippen LogP contribution < -0.4 is 15.7 Å². The second-order valence-corrected chi connectivity index (χ2v) is 7.88. The molecule has 0 atom stereocenters. The zero-order valence-electron chi connectivity index (χ0n) is 16.1. The summed E-state index contributed by atoms with van der Waals surface area (Å²) in [5.74, 6) is 0. The average Bonchev–Trinajstić information content (AvgIpc) is 3.09. The second kappa shape index (κ2) is 6.16. The van der Waals surface area contributed by atoms with Gasteiger partial charge in [0.25, 0.3) is 11.1 Å². The summed E-state index contributed by atoms with van der Waals surface area (Å²) in [6, 6.07) is 6.23. The van der Waals surface area contributed by atoms with Crippen LogP contribution in [0.15, 0.2) is 27.8 Å². The lowest BCUT2D eigenvalue weighted by Crippen LogP contribution is -2.32. The van der Waals surface area contributed by atoms with Gasteiger partial charge in [0.15, 0.2) is 0 Å². The Kier molecular flexibility index (Phi) is 4.03. The van der Waals surface area contributed by atoms with Gasteiger partial charge in [0.1, 0.15) is 0 Å². The maximum atomic E-state index is 12.9. The number of hydrogen-bond donors (Lipinski definition) is 0. The summed E-state index contributed by atoms with van der Waals surface area (Å²) in [5.41, 5.74) is 5.17. The number of thiazole rings is 1. The number of nitrogens with zero attached hydrogens (tertiary/aromatic N) is 3. The third-order valence-corrected chi connectivity index (χ3v) is 6.29. The standard InChI is InChI=1S/C21H21N3O2S/c1-6-23-14(5)16(15-9-7-8-11(2)18(15)23)10-17-20(26)24-19(25)12(3)13(4)22-21(24)27-17/h7-10H,6H2,1-5H3/b17-10-. The number of para-hydroxylation sites is 1. The molecule has 0 fully saturated rings. The normalized spacial score (nSPS) is 12.6. The first-order valence-corrected chi connectivity index (χ1v) is 9.79. The molecule has 3 aromatic heterocycles. The Balaban J connectivity index is 2.12. The quantitative estimate of drug-likeness (QED) is 0.538. The van der Waals surface area contributed by atoms with E-state index < -0.39 is 0 Å². The zero-order valence-corrected chi connectivity index (χ0v) is 16.9. The SMILES string of the molecule is CCn1c(C)c(/C=c2\sc3nc(C)c(C)c(=O)n3c2=O)c2cccc(C)c21. The van der Waals surface area contributed by atoms with Crippen LogP contribution in [0.4, 0.5) is 0 Å². The van der Waals surface area contributed by atoms with E-state index >= 15 is 0 Å². The van der Waals surface area contributed by atoms with Crippen LogP contribution in [0.25, 0.3) is 21.9 Å². The fraction of sp³-hybridized carbons (Fsp3) is 0.286. The molecule has 27 heavy (non-hydrogen) atoms. The molecule has 4 aromatic rings. The van der Waals surface area contributed by atoms with Gasteiger partial charge in [-0.3, -0.25) is 9.59 Å². The molecule has 6 heteroatoms. The van der Waals surface area contributed by atoms with Crippen LogP contribution >= 0.6 is 11.3 Å². The molecule has 5 nitrogen and oxygen atoms in total. The number of rotatable bonds is 2. The van der Waals surface area contributed by atoms with Crippen molar-refractivity contribution in [3.05, 3.63) is 71.5 Å². The van der Waals surface area contributed by atoms with Gasteiger partial charge in [-0.05, 0) is 46.3 Å². The van der Waals surface area contributed by atoms with Crippen molar-refractivity contribution in [1.82, 2.24) is 14.0 Å². The minimum atomic E-state index is -0.292. The molecule has 1 aromatic carbocycles. The third-order valence-electron chi connectivity index (χ3n) is 5.32. The molecule has 0 aliphatic rings. The van der Waals surface area contributed by atoms with E-state index in [1.165, 1.54) is 26.8 Å². The van der Waals surface area contributed by atoms with Crippen LogP contribution in [0.5, 0.6) is 0 Å². The van der Waals surface area contributed by atoms with Crippen LogP contribution in [0.2, 0.25) is 0 Å². The van der Waals surface area contributed by atoms with Gasteiger partial charge in [-0.2, -0.15) is 0 Å². The van der Waals surface area contributed by atoms with E-state index in [0.29, 0.717) is 20.8 Å². The molecule has 3 heterocycles. The van der Waals surface area contributed by atoms with Crippen molar-refractivity contribution in [3.8, 4) is 0 Å². The Bertz CT molecular complexity index is 1390. The first-order valence-electron chi connectivity index (χ1n) is 8.98. The van der Waals surface area contributed by atoms with Gasteiger partial charge in [0.05, 0.1) is 10.0 Å². The average molecular weight is 379 g/mol. The van der Waals surface area contributed by atoms with E-state index in [2.05, 4.69) is 42.5 Å². The third kappa shape index (κ3) is 2.47. The molecule has 0 N–H and O–H groups in total. The Labute approximate surface area is 160 Å². The molecule has 0 aliphatic heterocycles. The Morgan fingerprint density at radius 3 is 2.56 bits per heavy atom. The maximum absolute atomic E-state index is 12.9. The summed E-state index contributed by atoms with van der Waals surface area (Å²) in [6.07, 6.45) is 1.91. The van der Waals surface area contributed by atoms with Crippen LogP contribution in [0.3, 0.4) is 0 Å². The van der Waals surface area contributed by atoms with Crippen molar-refractivity contribution in [1.29, 1.82) is 0 Å². The molecule has 0 saturated heterocycles. The highest BCUT2D eigenvalue weighted by atomic mass is 32.1. The number of benzene rings is 1. The first kappa shape index (κ1) is 17.7. The molecule has 0 amide bonds. The summed E-state index contributed by atoms with van der Waals surface area (Å²) in [5, 5.41) is 1.12. The Morgan fingerprint density at radius 1 is 1.11 bits per heavy atom. The minimum absolute atomic E-state index is 0.276. The van der Waals surface area contributed by atoms with E-state index in [9.17, 15) is 9.59 Å². The fourth-order valence-electron chi connectivity index (χ4n) is 3.73. The van der Waals surface area contributed by atoms with Gasteiger partial charge < -0.3 is 4.57 Å². The Hall–Kier alpha value is -2.73. The number of fused-ring (bicyclic) bond motifs is 2. The molecule has 0 radical (unpaired) electrons. The van der Waals surface area contributed by atoms with Gasteiger partial charge in [-0.15, -0.1) is 0 Å². The summed E-state index contributed by atoms with van der Waals surface area (Å²) < 4.78 is 4.00. The summed E-state index contributed by atoms with van der Waals surface area (Å²) in [4.78, 5) is 30.3. The van der Waals surface area contributed by atoms with Gasteiger partial charge in [0.2, 0.25) is 4.96 Å². The molecular formula is C21H21N3O2S. The second-order valence-electron chi connectivity index (χ2n) is 6.88. The van der Waals surface area contributed by atoms with Crippen LogP contribution in [0, 0.1) is 27.7 Å². The lowest BCUT2D eigenvalue weighted by molar-refractivity contribution is 0.767. The molecule has 138 valence electrons. The Morgan fingerprint density at radius 2 is 1.85 bits per heavy atom. The van der Waals surface area contributed by atoms with Crippen molar-refractivity contribution in [2.45, 2.75) is 41.2 Å². The molecule has 0 saturated carbocycles. The number of aryl methyl sites for hydroxylation is 3. The minimum Gasteiger partial charge on any atom is -0.344 e. The predicted octanol–water partition coefficient (Wildman–Crippen LogP) is 2.87. The predicted molar refractivity (Wildman–Crippen MR) is 111 cm³/mol. The lowest BCUT2D eigenvalue weighted by atomic mass is 10.1.